The summed E-state index contributed by atoms with van der Waals surface area (Å²) in [5.41, 5.74) is 2.20. The second-order valence-electron chi connectivity index (χ2n) is 7.13. The molecule has 1 aliphatic carbocycles. The van der Waals surface area contributed by atoms with Gasteiger partial charge in [0.1, 0.15) is 5.15 Å². The summed E-state index contributed by atoms with van der Waals surface area (Å²) in [6.45, 7) is 3.62. The maximum atomic E-state index is 12.5. The van der Waals surface area contributed by atoms with Crippen LogP contribution in [0.2, 0.25) is 5.15 Å². The molecule has 1 heterocycles. The van der Waals surface area contributed by atoms with Crippen molar-refractivity contribution in [3.63, 3.8) is 0 Å². The molecule has 1 aromatic heterocycles. The molecule has 1 fully saturated rings. The number of halogens is 1. The molecule has 1 aliphatic rings. The molecule has 6 heteroatoms. The van der Waals surface area contributed by atoms with E-state index < -0.39 is 0 Å². The monoisotopic (exact) mass is 389 g/mol. The fraction of sp³-hybridized carbons (Fsp3) is 0.524. The molecule has 0 radical (unpaired) electrons. The Morgan fingerprint density at radius 3 is 2.74 bits per heavy atom. The first kappa shape index (κ1) is 19.9. The second-order valence-corrected chi connectivity index (χ2v) is 7.49. The lowest BCUT2D eigenvalue weighted by Crippen LogP contribution is -2.26. The molecule has 0 aliphatic heterocycles. The first-order valence-corrected chi connectivity index (χ1v) is 10.2. The molecule has 0 bridgehead atoms. The number of ether oxygens (including phenoxy) is 1. The smallest absolute Gasteiger partial charge is 0.256 e. The number of aryl methyl sites for hydroxylation is 1. The maximum Gasteiger partial charge on any atom is 0.256 e. The van der Waals surface area contributed by atoms with Gasteiger partial charge in [0, 0.05) is 13.2 Å². The van der Waals surface area contributed by atoms with Crippen LogP contribution >= 0.6 is 11.6 Å². The summed E-state index contributed by atoms with van der Waals surface area (Å²) in [4.78, 5) is 12.5. The highest BCUT2D eigenvalue weighted by Gasteiger charge is 2.20. The van der Waals surface area contributed by atoms with E-state index in [2.05, 4.69) is 10.4 Å². The number of hydrogen-bond donors (Lipinski definition) is 1. The lowest BCUT2D eigenvalue weighted by molar-refractivity contribution is 0.0273. The number of amides is 1. The number of hydrogen-bond acceptors (Lipinski definition) is 3. The van der Waals surface area contributed by atoms with Crippen molar-refractivity contribution in [2.24, 2.45) is 0 Å². The highest BCUT2D eigenvalue weighted by molar-refractivity contribution is 6.33. The third-order valence-electron chi connectivity index (χ3n) is 4.98. The molecule has 0 unspecified atom stereocenters. The highest BCUT2D eigenvalue weighted by Crippen LogP contribution is 2.21. The van der Waals surface area contributed by atoms with Crippen molar-refractivity contribution in [1.29, 1.82) is 0 Å². The Morgan fingerprint density at radius 1 is 1.26 bits per heavy atom. The summed E-state index contributed by atoms with van der Waals surface area (Å²) < 4.78 is 7.57. The van der Waals surface area contributed by atoms with Crippen LogP contribution in [0.3, 0.4) is 0 Å². The van der Waals surface area contributed by atoms with Gasteiger partial charge in [-0.05, 0) is 31.7 Å². The second kappa shape index (κ2) is 9.90. The number of rotatable bonds is 8. The molecule has 2 aromatic rings. The molecule has 5 nitrogen and oxygen atoms in total. The first-order chi connectivity index (χ1) is 13.1. The van der Waals surface area contributed by atoms with Crippen LogP contribution in [0.25, 0.3) is 0 Å². The zero-order valence-electron chi connectivity index (χ0n) is 15.9. The number of carbonyl (C=O) groups excluding carboxylic acids is 1. The van der Waals surface area contributed by atoms with Crippen LogP contribution in [0.15, 0.2) is 30.3 Å². The van der Waals surface area contributed by atoms with Gasteiger partial charge in [-0.1, -0.05) is 61.2 Å². The van der Waals surface area contributed by atoms with Gasteiger partial charge in [-0.15, -0.1) is 0 Å². The van der Waals surface area contributed by atoms with E-state index in [1.165, 1.54) is 32.1 Å². The quantitative estimate of drug-likeness (QED) is 0.682. The first-order valence-electron chi connectivity index (χ1n) is 9.82. The van der Waals surface area contributed by atoms with Gasteiger partial charge in [-0.3, -0.25) is 4.79 Å². The van der Waals surface area contributed by atoms with Gasteiger partial charge in [0.25, 0.3) is 5.91 Å². The van der Waals surface area contributed by atoms with Crippen LogP contribution in [-0.4, -0.2) is 34.9 Å². The minimum Gasteiger partial charge on any atom is -0.378 e. The largest absolute Gasteiger partial charge is 0.378 e. The zero-order chi connectivity index (χ0) is 19.1. The molecule has 0 spiro atoms. The van der Waals surface area contributed by atoms with Gasteiger partial charge in [0.15, 0.2) is 0 Å². The van der Waals surface area contributed by atoms with Crippen LogP contribution in [0, 0.1) is 6.92 Å². The maximum absolute atomic E-state index is 12.5. The molecule has 0 saturated heterocycles. The Labute approximate surface area is 166 Å². The van der Waals surface area contributed by atoms with E-state index in [0.29, 0.717) is 42.2 Å². The number of carbonyl (C=O) groups is 1. The van der Waals surface area contributed by atoms with Crippen molar-refractivity contribution >= 4 is 17.5 Å². The Balaban J connectivity index is 1.47. The van der Waals surface area contributed by atoms with Gasteiger partial charge in [0.2, 0.25) is 0 Å². The highest BCUT2D eigenvalue weighted by atomic mass is 35.5. The SMILES string of the molecule is Cc1nn(Cc2ccccc2)c(Cl)c1C(=O)NCCCOC1CCCCC1. The van der Waals surface area contributed by atoms with Crippen molar-refractivity contribution in [3.8, 4) is 0 Å². The van der Waals surface area contributed by atoms with Crippen LogP contribution in [0.5, 0.6) is 0 Å². The summed E-state index contributed by atoms with van der Waals surface area (Å²) in [6.07, 6.45) is 7.41. The fourth-order valence-corrected chi connectivity index (χ4v) is 3.84. The number of benzene rings is 1. The molecule has 1 N–H and O–H groups in total. The molecule has 27 heavy (non-hydrogen) atoms. The van der Waals surface area contributed by atoms with Crippen LogP contribution in [0.4, 0.5) is 0 Å². The minimum absolute atomic E-state index is 0.172. The molecule has 1 aromatic carbocycles. The van der Waals surface area contributed by atoms with Crippen molar-refractivity contribution in [3.05, 3.63) is 52.3 Å². The van der Waals surface area contributed by atoms with Crippen LogP contribution in [0.1, 0.15) is 60.1 Å². The van der Waals surface area contributed by atoms with Crippen LogP contribution < -0.4 is 5.32 Å². The predicted molar refractivity (Wildman–Crippen MR) is 107 cm³/mol. The average Bonchev–Trinajstić information content (AvgIpc) is 2.96. The normalized spacial score (nSPS) is 15.0. The third-order valence-corrected chi connectivity index (χ3v) is 5.36. The number of aromatic nitrogens is 2. The summed E-state index contributed by atoms with van der Waals surface area (Å²) in [7, 11) is 0. The summed E-state index contributed by atoms with van der Waals surface area (Å²) in [5, 5.41) is 7.75. The fourth-order valence-electron chi connectivity index (χ4n) is 3.52. The van der Waals surface area contributed by atoms with Crippen LogP contribution in [-0.2, 0) is 11.3 Å². The van der Waals surface area contributed by atoms with E-state index in [-0.39, 0.29) is 5.91 Å². The van der Waals surface area contributed by atoms with E-state index in [0.717, 1.165) is 12.0 Å². The van der Waals surface area contributed by atoms with Crippen molar-refractivity contribution in [2.45, 2.75) is 58.1 Å². The van der Waals surface area contributed by atoms with E-state index >= 15 is 0 Å². The van der Waals surface area contributed by atoms with Gasteiger partial charge >= 0.3 is 0 Å². The predicted octanol–water partition coefficient (Wildman–Crippen LogP) is 4.36. The van der Waals surface area contributed by atoms with E-state index in [1.807, 2.05) is 37.3 Å². The Hall–Kier alpha value is -1.85. The third kappa shape index (κ3) is 5.56. The Bertz CT molecular complexity index is 739. The van der Waals surface area contributed by atoms with Gasteiger partial charge in [0.05, 0.1) is 23.9 Å². The standard InChI is InChI=1S/C21H28ClN3O2/c1-16-19(20(22)25(24-16)15-17-9-4-2-5-10-17)21(26)23-13-8-14-27-18-11-6-3-7-12-18/h2,4-5,9-10,18H,3,6-8,11-15H2,1H3,(H,23,26). The number of nitrogens with one attached hydrogen (secondary N) is 1. The van der Waals surface area contributed by atoms with E-state index in [4.69, 9.17) is 16.3 Å². The van der Waals surface area contributed by atoms with Gasteiger partial charge in [-0.25, -0.2) is 4.68 Å². The van der Waals surface area contributed by atoms with E-state index in [9.17, 15) is 4.79 Å². The molecule has 1 amide bonds. The number of nitrogens with zero attached hydrogens (tertiary/aromatic N) is 2. The lowest BCUT2D eigenvalue weighted by atomic mass is 9.98. The Morgan fingerprint density at radius 2 is 2.00 bits per heavy atom. The van der Waals surface area contributed by atoms with Gasteiger partial charge in [-0.2, -0.15) is 5.10 Å². The summed E-state index contributed by atoms with van der Waals surface area (Å²) in [5.74, 6) is -0.172. The Kier molecular flexibility index (Phi) is 7.30. The van der Waals surface area contributed by atoms with Crippen molar-refractivity contribution in [2.75, 3.05) is 13.2 Å². The zero-order valence-corrected chi connectivity index (χ0v) is 16.7. The molecule has 0 atom stereocenters. The van der Waals surface area contributed by atoms with Gasteiger partial charge < -0.3 is 10.1 Å². The molecular formula is C21H28ClN3O2. The summed E-state index contributed by atoms with van der Waals surface area (Å²) >= 11 is 6.43. The molecule has 146 valence electrons. The molecule has 1 saturated carbocycles. The van der Waals surface area contributed by atoms with E-state index in [1.54, 1.807) is 4.68 Å². The lowest BCUT2D eigenvalue weighted by Gasteiger charge is -2.21. The summed E-state index contributed by atoms with van der Waals surface area (Å²) in [6, 6.07) is 9.94. The average molecular weight is 390 g/mol. The molecule has 3 rings (SSSR count). The van der Waals surface area contributed by atoms with Crippen molar-refractivity contribution < 1.29 is 9.53 Å². The minimum atomic E-state index is -0.172. The van der Waals surface area contributed by atoms with Crippen molar-refractivity contribution in [1.82, 2.24) is 15.1 Å². The topological polar surface area (TPSA) is 56.2 Å². The molecular weight excluding hydrogens is 362 g/mol.